The molecule has 0 spiro atoms. The summed E-state index contributed by atoms with van der Waals surface area (Å²) in [6.45, 7) is 3.64. The zero-order valence-corrected chi connectivity index (χ0v) is 19.4. The van der Waals surface area contributed by atoms with Gasteiger partial charge in [0, 0.05) is 42.9 Å². The van der Waals surface area contributed by atoms with Gasteiger partial charge in [-0.25, -0.2) is 0 Å². The van der Waals surface area contributed by atoms with Crippen molar-refractivity contribution in [3.8, 4) is 0 Å². The van der Waals surface area contributed by atoms with Gasteiger partial charge in [-0.3, -0.25) is 14.5 Å². The van der Waals surface area contributed by atoms with Crippen molar-refractivity contribution < 1.29 is 9.59 Å². The molecule has 0 aromatic heterocycles. The molecule has 0 aliphatic carbocycles. The highest BCUT2D eigenvalue weighted by molar-refractivity contribution is 7.99. The average Bonchev–Trinajstić information content (AvgIpc) is 2.73. The summed E-state index contributed by atoms with van der Waals surface area (Å²) < 4.78 is 0. The first kappa shape index (κ1) is 23.3. The molecule has 4 N–H and O–H groups in total. The van der Waals surface area contributed by atoms with Crippen LogP contribution in [0.5, 0.6) is 0 Å². The maximum atomic E-state index is 12.4. The molecule has 1 aliphatic rings. The molecule has 0 bridgehead atoms. The Balaban J connectivity index is 1.56. The molecule has 0 atom stereocenters. The molecule has 0 saturated carbocycles. The Kier molecular flexibility index (Phi) is 8.53. The van der Waals surface area contributed by atoms with Crippen molar-refractivity contribution >= 4 is 75.3 Å². The van der Waals surface area contributed by atoms with Gasteiger partial charge >= 0.3 is 0 Å². The maximum Gasteiger partial charge on any atom is 0.238 e. The summed E-state index contributed by atoms with van der Waals surface area (Å²) in [4.78, 5) is 25.6. The Hall–Kier alpha value is -2.33. The van der Waals surface area contributed by atoms with Crippen LogP contribution < -0.4 is 21.3 Å². The number of amides is 2. The molecule has 1 heterocycles. The highest BCUT2D eigenvalue weighted by atomic mass is 35.5. The first-order valence-corrected chi connectivity index (χ1v) is 11.7. The van der Waals surface area contributed by atoms with Crippen molar-refractivity contribution in [1.29, 1.82) is 0 Å². The van der Waals surface area contributed by atoms with Gasteiger partial charge in [-0.1, -0.05) is 17.7 Å². The van der Waals surface area contributed by atoms with Crippen LogP contribution in [-0.4, -0.2) is 53.0 Å². The lowest BCUT2D eigenvalue weighted by molar-refractivity contribution is -0.117. The Bertz CT molecular complexity index is 949. The number of anilines is 4. The van der Waals surface area contributed by atoms with E-state index < -0.39 is 0 Å². The number of benzene rings is 2. The topological polar surface area (TPSA) is 85.5 Å². The van der Waals surface area contributed by atoms with Gasteiger partial charge in [0.1, 0.15) is 0 Å². The predicted molar refractivity (Wildman–Crippen MR) is 134 cm³/mol. The standard InChI is InChI=1S/C21H24ClN5O2S2/c1-14(28)23-15-5-7-16(8-6-15)24-21(30)26-18-4-2-3-17(20(18)22)25-19(29)13-27-9-11-31-12-10-27/h2-8H,9-13H2,1H3,(H,23,28)(H,25,29)(H2,24,26,30). The van der Waals surface area contributed by atoms with Crippen molar-refractivity contribution in [2.24, 2.45) is 0 Å². The van der Waals surface area contributed by atoms with Crippen LogP contribution in [0.15, 0.2) is 42.5 Å². The smallest absolute Gasteiger partial charge is 0.238 e. The lowest BCUT2D eigenvalue weighted by Crippen LogP contribution is -2.38. The van der Waals surface area contributed by atoms with E-state index in [2.05, 4.69) is 26.2 Å². The van der Waals surface area contributed by atoms with Crippen molar-refractivity contribution in [3.63, 3.8) is 0 Å². The van der Waals surface area contributed by atoms with Gasteiger partial charge in [0.2, 0.25) is 11.8 Å². The third-order valence-electron chi connectivity index (χ3n) is 4.46. The Morgan fingerprint density at radius 1 is 0.968 bits per heavy atom. The second-order valence-electron chi connectivity index (χ2n) is 6.94. The van der Waals surface area contributed by atoms with Gasteiger partial charge in [-0.15, -0.1) is 0 Å². The molecule has 31 heavy (non-hydrogen) atoms. The summed E-state index contributed by atoms with van der Waals surface area (Å²) in [5, 5.41) is 12.4. The van der Waals surface area contributed by atoms with E-state index in [1.807, 2.05) is 11.8 Å². The summed E-state index contributed by atoms with van der Waals surface area (Å²) in [6.07, 6.45) is 0. The molecule has 10 heteroatoms. The molecule has 3 rings (SSSR count). The number of thioether (sulfide) groups is 1. The van der Waals surface area contributed by atoms with Gasteiger partial charge in [-0.2, -0.15) is 11.8 Å². The van der Waals surface area contributed by atoms with Crippen LogP contribution in [0.1, 0.15) is 6.92 Å². The fourth-order valence-electron chi connectivity index (χ4n) is 3.00. The first-order chi connectivity index (χ1) is 14.9. The highest BCUT2D eigenvalue weighted by Gasteiger charge is 2.16. The number of nitrogens with one attached hydrogen (secondary N) is 4. The number of nitrogens with zero attached hydrogens (tertiary/aromatic N) is 1. The van der Waals surface area contributed by atoms with Crippen molar-refractivity contribution in [3.05, 3.63) is 47.5 Å². The van der Waals surface area contributed by atoms with Crippen LogP contribution in [0.2, 0.25) is 5.02 Å². The number of hydrogen-bond acceptors (Lipinski definition) is 5. The van der Waals surface area contributed by atoms with Gasteiger partial charge < -0.3 is 21.3 Å². The first-order valence-electron chi connectivity index (χ1n) is 9.75. The van der Waals surface area contributed by atoms with Gasteiger partial charge in [-0.05, 0) is 48.6 Å². The van der Waals surface area contributed by atoms with Gasteiger partial charge in [0.25, 0.3) is 0 Å². The van der Waals surface area contributed by atoms with Crippen molar-refractivity contribution in [1.82, 2.24) is 4.90 Å². The van der Waals surface area contributed by atoms with Crippen LogP contribution in [-0.2, 0) is 9.59 Å². The minimum absolute atomic E-state index is 0.0917. The third kappa shape index (κ3) is 7.39. The molecule has 1 saturated heterocycles. The summed E-state index contributed by atoms with van der Waals surface area (Å²) >= 11 is 13.8. The Labute approximate surface area is 196 Å². The predicted octanol–water partition coefficient (Wildman–Crippen LogP) is 4.09. The molecule has 0 radical (unpaired) electrons. The summed E-state index contributed by atoms with van der Waals surface area (Å²) in [5.41, 5.74) is 2.57. The van der Waals surface area contributed by atoms with Crippen LogP contribution >= 0.6 is 35.6 Å². The van der Waals surface area contributed by atoms with E-state index >= 15 is 0 Å². The van der Waals surface area contributed by atoms with E-state index in [9.17, 15) is 9.59 Å². The van der Waals surface area contributed by atoms with E-state index in [0.717, 1.165) is 30.3 Å². The van der Waals surface area contributed by atoms with Crippen LogP contribution in [0.25, 0.3) is 0 Å². The molecule has 2 amide bonds. The van der Waals surface area contributed by atoms with Crippen molar-refractivity contribution in [2.75, 3.05) is 52.4 Å². The van der Waals surface area contributed by atoms with E-state index in [1.165, 1.54) is 6.92 Å². The zero-order valence-electron chi connectivity index (χ0n) is 17.0. The molecular formula is C21H24ClN5O2S2. The summed E-state index contributed by atoms with van der Waals surface area (Å²) in [7, 11) is 0. The highest BCUT2D eigenvalue weighted by Crippen LogP contribution is 2.30. The fraction of sp³-hybridized carbons (Fsp3) is 0.286. The molecule has 164 valence electrons. The van der Waals surface area contributed by atoms with E-state index in [0.29, 0.717) is 33.7 Å². The Morgan fingerprint density at radius 2 is 1.55 bits per heavy atom. The largest absolute Gasteiger partial charge is 0.332 e. The van der Waals surface area contributed by atoms with Gasteiger partial charge in [0.05, 0.1) is 22.9 Å². The van der Waals surface area contributed by atoms with Crippen LogP contribution in [0.3, 0.4) is 0 Å². The minimum Gasteiger partial charge on any atom is -0.332 e. The SMILES string of the molecule is CC(=O)Nc1ccc(NC(=S)Nc2cccc(NC(=O)CN3CCSCC3)c2Cl)cc1. The minimum atomic E-state index is -0.130. The number of halogens is 1. The third-order valence-corrected chi connectivity index (χ3v) is 6.01. The zero-order chi connectivity index (χ0) is 22.2. The maximum absolute atomic E-state index is 12.4. The molecular weight excluding hydrogens is 454 g/mol. The number of thiocarbonyl (C=S) groups is 1. The molecule has 1 fully saturated rings. The van der Waals surface area contributed by atoms with Crippen molar-refractivity contribution in [2.45, 2.75) is 6.92 Å². The fourth-order valence-corrected chi connectivity index (χ4v) is 4.43. The summed E-state index contributed by atoms with van der Waals surface area (Å²) in [6, 6.07) is 12.5. The molecule has 0 unspecified atom stereocenters. The van der Waals surface area contributed by atoms with E-state index in [-0.39, 0.29) is 11.8 Å². The molecule has 2 aromatic rings. The average molecular weight is 478 g/mol. The Morgan fingerprint density at radius 3 is 2.16 bits per heavy atom. The number of rotatable bonds is 6. The monoisotopic (exact) mass is 477 g/mol. The van der Waals surface area contributed by atoms with Gasteiger partial charge in [0.15, 0.2) is 5.11 Å². The summed E-state index contributed by atoms with van der Waals surface area (Å²) in [5.74, 6) is 1.88. The molecule has 2 aromatic carbocycles. The van der Waals surface area contributed by atoms with E-state index in [4.69, 9.17) is 23.8 Å². The molecule has 7 nitrogen and oxygen atoms in total. The lowest BCUT2D eigenvalue weighted by atomic mass is 10.2. The van der Waals surface area contributed by atoms with Crippen LogP contribution in [0, 0.1) is 0 Å². The number of carbonyl (C=O) groups is 2. The van der Waals surface area contributed by atoms with Crippen LogP contribution in [0.4, 0.5) is 22.7 Å². The van der Waals surface area contributed by atoms with E-state index in [1.54, 1.807) is 42.5 Å². The number of hydrogen-bond donors (Lipinski definition) is 4. The second-order valence-corrected chi connectivity index (χ2v) is 8.95. The lowest BCUT2D eigenvalue weighted by Gasteiger charge is -2.25. The normalized spacial score (nSPS) is 13.9. The number of carbonyl (C=O) groups excluding carboxylic acids is 2. The quantitative estimate of drug-likeness (QED) is 0.466. The molecule has 1 aliphatic heterocycles. The second kappa shape index (κ2) is 11.3.